The third-order valence-electron chi connectivity index (χ3n) is 2.48. The number of hydrogen-bond acceptors (Lipinski definition) is 3. The number of rotatable bonds is 7. The van der Waals surface area contributed by atoms with Gasteiger partial charge in [0.25, 0.3) is 11.8 Å². The zero-order chi connectivity index (χ0) is 14.3. The molecule has 0 radical (unpaired) electrons. The number of carbonyl (C=O) groups is 1. The summed E-state index contributed by atoms with van der Waals surface area (Å²) in [7, 11) is 0. The van der Waals surface area contributed by atoms with Gasteiger partial charge in [-0.25, -0.2) is 8.78 Å². The van der Waals surface area contributed by atoms with Gasteiger partial charge in [-0.15, -0.1) is 0 Å². The summed E-state index contributed by atoms with van der Waals surface area (Å²) in [5, 5.41) is 13.6. The van der Waals surface area contributed by atoms with Crippen molar-refractivity contribution in [3.8, 4) is 0 Å². The van der Waals surface area contributed by atoms with Crippen LogP contribution >= 0.6 is 0 Å². The minimum absolute atomic E-state index is 0.310. The molecule has 0 bridgehead atoms. The lowest BCUT2D eigenvalue weighted by Gasteiger charge is -2.15. The molecule has 6 heteroatoms. The van der Waals surface area contributed by atoms with E-state index in [0.29, 0.717) is 17.8 Å². The fourth-order valence-corrected chi connectivity index (χ4v) is 1.46. The summed E-state index contributed by atoms with van der Waals surface area (Å²) in [6.07, 6.45) is 0.887. The van der Waals surface area contributed by atoms with Crippen LogP contribution in [0.25, 0.3) is 0 Å². The van der Waals surface area contributed by atoms with E-state index in [1.807, 2.05) is 6.92 Å². The fraction of sp³-hybridized carbons (Fsp3) is 0.462. The number of anilines is 1. The fourth-order valence-electron chi connectivity index (χ4n) is 1.46. The second kappa shape index (κ2) is 7.04. The minimum atomic E-state index is -3.30. The highest BCUT2D eigenvalue weighted by atomic mass is 19.3. The van der Waals surface area contributed by atoms with Crippen molar-refractivity contribution in [1.29, 1.82) is 0 Å². The number of alkyl halides is 2. The SMILES string of the molecule is CCCNc1ccccc1C(=O)NCC(F)(F)CO. The molecule has 0 aliphatic rings. The lowest BCUT2D eigenvalue weighted by Crippen LogP contribution is -2.39. The third-order valence-corrected chi connectivity index (χ3v) is 2.48. The smallest absolute Gasteiger partial charge is 0.287 e. The molecule has 3 N–H and O–H groups in total. The predicted octanol–water partition coefficient (Wildman–Crippen LogP) is 1.87. The van der Waals surface area contributed by atoms with Crippen molar-refractivity contribution < 1.29 is 18.7 Å². The highest BCUT2D eigenvalue weighted by Gasteiger charge is 2.28. The molecule has 0 unspecified atom stereocenters. The summed E-state index contributed by atoms with van der Waals surface area (Å²) in [4.78, 5) is 11.8. The number of para-hydroxylation sites is 1. The van der Waals surface area contributed by atoms with E-state index >= 15 is 0 Å². The Morgan fingerprint density at radius 3 is 2.68 bits per heavy atom. The molecule has 106 valence electrons. The van der Waals surface area contributed by atoms with Crippen LogP contribution in [0.5, 0.6) is 0 Å². The van der Waals surface area contributed by atoms with Gasteiger partial charge in [0.05, 0.1) is 12.1 Å². The molecule has 0 saturated carbocycles. The van der Waals surface area contributed by atoms with E-state index in [-0.39, 0.29) is 0 Å². The van der Waals surface area contributed by atoms with Gasteiger partial charge in [0.2, 0.25) is 0 Å². The topological polar surface area (TPSA) is 61.4 Å². The van der Waals surface area contributed by atoms with E-state index in [1.54, 1.807) is 24.3 Å². The average molecular weight is 272 g/mol. The summed E-state index contributed by atoms with van der Waals surface area (Å²) >= 11 is 0. The number of carbonyl (C=O) groups excluding carboxylic acids is 1. The standard InChI is InChI=1S/C13H18F2N2O2/c1-2-7-16-11-6-4-3-5-10(11)12(19)17-8-13(14,15)9-18/h3-6,16,18H,2,7-9H2,1H3,(H,17,19). The van der Waals surface area contributed by atoms with Gasteiger partial charge < -0.3 is 15.7 Å². The van der Waals surface area contributed by atoms with Crippen LogP contribution in [0.3, 0.4) is 0 Å². The van der Waals surface area contributed by atoms with Crippen molar-refractivity contribution in [1.82, 2.24) is 5.32 Å². The van der Waals surface area contributed by atoms with Crippen molar-refractivity contribution in [3.63, 3.8) is 0 Å². The average Bonchev–Trinajstić information content (AvgIpc) is 2.43. The molecule has 1 aromatic rings. The van der Waals surface area contributed by atoms with E-state index < -0.39 is 25.0 Å². The number of nitrogens with one attached hydrogen (secondary N) is 2. The van der Waals surface area contributed by atoms with Crippen molar-refractivity contribution in [3.05, 3.63) is 29.8 Å². The Morgan fingerprint density at radius 2 is 2.05 bits per heavy atom. The molecule has 1 amide bonds. The molecule has 0 saturated heterocycles. The van der Waals surface area contributed by atoms with Gasteiger partial charge in [0.15, 0.2) is 0 Å². The first-order valence-electron chi connectivity index (χ1n) is 6.10. The van der Waals surface area contributed by atoms with Gasteiger partial charge in [-0.2, -0.15) is 0 Å². The molecule has 1 aromatic carbocycles. The monoisotopic (exact) mass is 272 g/mol. The van der Waals surface area contributed by atoms with Crippen LogP contribution in [0.15, 0.2) is 24.3 Å². The maximum absolute atomic E-state index is 12.9. The van der Waals surface area contributed by atoms with E-state index in [2.05, 4.69) is 10.6 Å². The minimum Gasteiger partial charge on any atom is -0.390 e. The number of aliphatic hydroxyl groups excluding tert-OH is 1. The molecule has 0 fully saturated rings. The molecule has 0 spiro atoms. The summed E-state index contributed by atoms with van der Waals surface area (Å²) in [5.41, 5.74) is 0.916. The first-order chi connectivity index (χ1) is 9.00. The van der Waals surface area contributed by atoms with Gasteiger partial charge in [0.1, 0.15) is 6.61 Å². The highest BCUT2D eigenvalue weighted by molar-refractivity contribution is 5.99. The van der Waals surface area contributed by atoms with E-state index in [0.717, 1.165) is 6.42 Å². The van der Waals surface area contributed by atoms with E-state index in [1.165, 1.54) is 0 Å². The first kappa shape index (κ1) is 15.4. The van der Waals surface area contributed by atoms with Gasteiger partial charge in [-0.3, -0.25) is 4.79 Å². The zero-order valence-electron chi connectivity index (χ0n) is 10.7. The van der Waals surface area contributed by atoms with Crippen LogP contribution in [0.2, 0.25) is 0 Å². The second-order valence-electron chi connectivity index (χ2n) is 4.17. The third kappa shape index (κ3) is 4.82. The summed E-state index contributed by atoms with van der Waals surface area (Å²) in [6, 6.07) is 6.70. The van der Waals surface area contributed by atoms with E-state index in [4.69, 9.17) is 5.11 Å². The van der Waals surface area contributed by atoms with Crippen LogP contribution in [0.1, 0.15) is 23.7 Å². The molecule has 0 atom stereocenters. The summed E-state index contributed by atoms with van der Waals surface area (Å²) in [6.45, 7) is 0.502. The predicted molar refractivity (Wildman–Crippen MR) is 69.6 cm³/mol. The Hall–Kier alpha value is -1.69. The molecule has 0 heterocycles. The van der Waals surface area contributed by atoms with Gasteiger partial charge in [-0.1, -0.05) is 19.1 Å². The van der Waals surface area contributed by atoms with Crippen LogP contribution < -0.4 is 10.6 Å². The molecule has 0 aliphatic heterocycles. The number of halogens is 2. The van der Waals surface area contributed by atoms with Crippen molar-refractivity contribution >= 4 is 11.6 Å². The quantitative estimate of drug-likeness (QED) is 0.710. The largest absolute Gasteiger partial charge is 0.390 e. The van der Waals surface area contributed by atoms with Gasteiger partial charge in [0, 0.05) is 12.2 Å². The number of aliphatic hydroxyl groups is 1. The normalized spacial score (nSPS) is 11.2. The Balaban J connectivity index is 2.71. The molecular weight excluding hydrogens is 254 g/mol. The molecule has 0 aromatic heterocycles. The van der Waals surface area contributed by atoms with E-state index in [9.17, 15) is 13.6 Å². The van der Waals surface area contributed by atoms with Crippen LogP contribution in [0, 0.1) is 0 Å². The van der Waals surface area contributed by atoms with Crippen molar-refractivity contribution in [2.24, 2.45) is 0 Å². The Kier molecular flexibility index (Phi) is 5.69. The van der Waals surface area contributed by atoms with Crippen LogP contribution in [-0.4, -0.2) is 36.6 Å². The highest BCUT2D eigenvalue weighted by Crippen LogP contribution is 2.16. The number of amides is 1. The number of benzene rings is 1. The molecule has 0 aliphatic carbocycles. The lowest BCUT2D eigenvalue weighted by atomic mass is 10.1. The molecule has 4 nitrogen and oxygen atoms in total. The van der Waals surface area contributed by atoms with Crippen LogP contribution in [-0.2, 0) is 0 Å². The maximum atomic E-state index is 12.9. The first-order valence-corrected chi connectivity index (χ1v) is 6.10. The molecule has 1 rings (SSSR count). The zero-order valence-corrected chi connectivity index (χ0v) is 10.7. The Morgan fingerprint density at radius 1 is 1.37 bits per heavy atom. The Labute approximate surface area is 110 Å². The van der Waals surface area contributed by atoms with Gasteiger partial charge >= 0.3 is 0 Å². The van der Waals surface area contributed by atoms with Crippen molar-refractivity contribution in [2.45, 2.75) is 19.3 Å². The maximum Gasteiger partial charge on any atom is 0.287 e. The summed E-state index contributed by atoms with van der Waals surface area (Å²) in [5.74, 6) is -3.89. The lowest BCUT2D eigenvalue weighted by molar-refractivity contribution is -0.0461. The summed E-state index contributed by atoms with van der Waals surface area (Å²) < 4.78 is 25.7. The Bertz CT molecular complexity index is 425. The van der Waals surface area contributed by atoms with Gasteiger partial charge in [-0.05, 0) is 18.6 Å². The number of hydrogen-bond donors (Lipinski definition) is 3. The van der Waals surface area contributed by atoms with Crippen molar-refractivity contribution in [2.75, 3.05) is 25.0 Å². The molecular formula is C13H18F2N2O2. The van der Waals surface area contributed by atoms with Crippen LogP contribution in [0.4, 0.5) is 14.5 Å². The second-order valence-corrected chi connectivity index (χ2v) is 4.17. The molecule has 19 heavy (non-hydrogen) atoms.